The fourth-order valence-electron chi connectivity index (χ4n) is 3.70. The molecule has 0 saturated carbocycles. The van der Waals surface area contributed by atoms with Crippen molar-refractivity contribution in [3.8, 4) is 39.5 Å². The van der Waals surface area contributed by atoms with Crippen LogP contribution in [-0.4, -0.2) is 20.2 Å². The van der Waals surface area contributed by atoms with Gasteiger partial charge in [0.1, 0.15) is 17.2 Å². The molecule has 0 fully saturated rings. The van der Waals surface area contributed by atoms with Gasteiger partial charge in [0.05, 0.1) is 19.8 Å². The molecule has 4 aromatic rings. The lowest BCUT2D eigenvalue weighted by atomic mass is 10.0. The summed E-state index contributed by atoms with van der Waals surface area (Å²) in [5, 5.41) is 0. The molecule has 166 valence electrons. The summed E-state index contributed by atoms with van der Waals surface area (Å²) >= 11 is 0. The second-order valence-electron chi connectivity index (χ2n) is 7.90. The van der Waals surface area contributed by atoms with E-state index in [1.54, 1.807) is 26.4 Å². The first kappa shape index (κ1) is 22.2. The highest BCUT2D eigenvalue weighted by molar-refractivity contribution is 5.93. The molecule has 0 aliphatic heterocycles. The number of ether oxygens (including phenoxy) is 3. The second-order valence-corrected chi connectivity index (χ2v) is 7.90. The highest BCUT2D eigenvalue weighted by Crippen LogP contribution is 2.38. The van der Waals surface area contributed by atoms with E-state index in [0.717, 1.165) is 44.9 Å². The molecular weight excluding hydrogens is 412 g/mol. The van der Waals surface area contributed by atoms with Crippen LogP contribution in [0.5, 0.6) is 17.2 Å². The minimum absolute atomic E-state index is 0.408. The van der Waals surface area contributed by atoms with Gasteiger partial charge in [-0.05, 0) is 72.5 Å². The Morgan fingerprint density at radius 1 is 0.606 bits per heavy atom. The van der Waals surface area contributed by atoms with Crippen molar-refractivity contribution in [1.82, 2.24) is 0 Å². The van der Waals surface area contributed by atoms with Gasteiger partial charge in [0.2, 0.25) is 0 Å². The van der Waals surface area contributed by atoms with Gasteiger partial charge in [0, 0.05) is 11.1 Å². The SMILES string of the molecule is COc1ccc(-c2ccc(C(=O)Oc3cc(C)ccc3-c3ccc(C)cc3OC)cc2)cc1. The number of esters is 1. The first-order valence-corrected chi connectivity index (χ1v) is 10.7. The van der Waals surface area contributed by atoms with Crippen LogP contribution in [0.4, 0.5) is 0 Å². The second kappa shape index (κ2) is 9.61. The van der Waals surface area contributed by atoms with Crippen molar-refractivity contribution in [2.75, 3.05) is 14.2 Å². The van der Waals surface area contributed by atoms with Crippen LogP contribution in [0.1, 0.15) is 21.5 Å². The quantitative estimate of drug-likeness (QED) is 0.243. The van der Waals surface area contributed by atoms with E-state index in [9.17, 15) is 4.79 Å². The van der Waals surface area contributed by atoms with Gasteiger partial charge in [-0.1, -0.05) is 48.5 Å². The summed E-state index contributed by atoms with van der Waals surface area (Å²) < 4.78 is 16.7. The third-order valence-electron chi connectivity index (χ3n) is 5.53. The third-order valence-corrected chi connectivity index (χ3v) is 5.53. The summed E-state index contributed by atoms with van der Waals surface area (Å²) in [4.78, 5) is 13.0. The van der Waals surface area contributed by atoms with E-state index >= 15 is 0 Å². The van der Waals surface area contributed by atoms with Crippen molar-refractivity contribution in [3.05, 3.63) is 102 Å². The number of carbonyl (C=O) groups is 1. The number of methoxy groups -OCH3 is 2. The average Bonchev–Trinajstić information content (AvgIpc) is 2.84. The molecule has 4 rings (SSSR count). The summed E-state index contributed by atoms with van der Waals surface area (Å²) in [5.74, 6) is 1.63. The van der Waals surface area contributed by atoms with E-state index in [1.165, 1.54) is 0 Å². The van der Waals surface area contributed by atoms with Gasteiger partial charge in [-0.2, -0.15) is 0 Å². The lowest BCUT2D eigenvalue weighted by Gasteiger charge is -2.15. The molecule has 0 atom stereocenters. The Balaban J connectivity index is 1.60. The maximum absolute atomic E-state index is 13.0. The summed E-state index contributed by atoms with van der Waals surface area (Å²) in [5.41, 5.74) is 6.32. The van der Waals surface area contributed by atoms with Crippen LogP contribution < -0.4 is 14.2 Å². The Hall–Kier alpha value is -4.05. The Morgan fingerprint density at radius 2 is 1.12 bits per heavy atom. The molecule has 4 nitrogen and oxygen atoms in total. The van der Waals surface area contributed by atoms with Crippen molar-refractivity contribution in [1.29, 1.82) is 0 Å². The zero-order valence-electron chi connectivity index (χ0n) is 19.2. The predicted octanol–water partition coefficient (Wildman–Crippen LogP) is 6.87. The molecule has 0 radical (unpaired) electrons. The van der Waals surface area contributed by atoms with Gasteiger partial charge in [-0.25, -0.2) is 4.79 Å². The number of hydrogen-bond donors (Lipinski definition) is 0. The molecule has 0 heterocycles. The highest BCUT2D eigenvalue weighted by Gasteiger charge is 2.16. The number of hydrogen-bond acceptors (Lipinski definition) is 4. The van der Waals surface area contributed by atoms with Crippen LogP contribution >= 0.6 is 0 Å². The minimum Gasteiger partial charge on any atom is -0.497 e. The standard InChI is InChI=1S/C29H26O4/c1-19-5-15-25(27(17-19)32-4)26-16-6-20(2)18-28(26)33-29(30)23-9-7-21(8-10-23)22-11-13-24(31-3)14-12-22/h5-18H,1-4H3. The summed E-state index contributed by atoms with van der Waals surface area (Å²) in [6.45, 7) is 3.98. The average molecular weight is 439 g/mol. The first-order chi connectivity index (χ1) is 16.0. The Labute approximate surface area is 194 Å². The van der Waals surface area contributed by atoms with Crippen molar-refractivity contribution < 1.29 is 19.0 Å². The van der Waals surface area contributed by atoms with Gasteiger partial charge in [0.15, 0.2) is 0 Å². The summed E-state index contributed by atoms with van der Waals surface area (Å²) in [6.07, 6.45) is 0. The third kappa shape index (κ3) is 4.90. The smallest absolute Gasteiger partial charge is 0.343 e. The van der Waals surface area contributed by atoms with E-state index in [0.29, 0.717) is 11.3 Å². The number of rotatable bonds is 6. The summed E-state index contributed by atoms with van der Waals surface area (Å²) in [6, 6.07) is 27.0. The molecule has 0 unspecified atom stereocenters. The molecule has 4 heteroatoms. The molecule has 33 heavy (non-hydrogen) atoms. The molecule has 0 bridgehead atoms. The lowest BCUT2D eigenvalue weighted by molar-refractivity contribution is 0.0735. The molecule has 0 amide bonds. The zero-order chi connectivity index (χ0) is 23.4. The van der Waals surface area contributed by atoms with E-state index in [-0.39, 0.29) is 0 Å². The van der Waals surface area contributed by atoms with E-state index in [4.69, 9.17) is 14.2 Å². The highest BCUT2D eigenvalue weighted by atomic mass is 16.5. The molecular formula is C29H26O4. The molecule has 0 N–H and O–H groups in total. The van der Waals surface area contributed by atoms with Crippen LogP contribution in [0.15, 0.2) is 84.9 Å². The summed E-state index contributed by atoms with van der Waals surface area (Å²) in [7, 11) is 3.28. The van der Waals surface area contributed by atoms with Crippen LogP contribution in [0.25, 0.3) is 22.3 Å². The number of aryl methyl sites for hydroxylation is 2. The van der Waals surface area contributed by atoms with Crippen molar-refractivity contribution in [3.63, 3.8) is 0 Å². The molecule has 4 aromatic carbocycles. The Bertz CT molecular complexity index is 1270. The molecule has 0 saturated heterocycles. The van der Waals surface area contributed by atoms with Gasteiger partial charge in [-0.3, -0.25) is 0 Å². The zero-order valence-corrected chi connectivity index (χ0v) is 19.2. The molecule has 0 aromatic heterocycles. The van der Waals surface area contributed by atoms with Crippen LogP contribution in [0.2, 0.25) is 0 Å². The fraction of sp³-hybridized carbons (Fsp3) is 0.138. The van der Waals surface area contributed by atoms with Crippen molar-refractivity contribution in [2.45, 2.75) is 13.8 Å². The maximum Gasteiger partial charge on any atom is 0.343 e. The van der Waals surface area contributed by atoms with Gasteiger partial charge < -0.3 is 14.2 Å². The van der Waals surface area contributed by atoms with Crippen molar-refractivity contribution >= 4 is 5.97 Å². The normalized spacial score (nSPS) is 10.5. The number of benzene rings is 4. The minimum atomic E-state index is -0.408. The Kier molecular flexibility index (Phi) is 6.45. The molecule has 0 aliphatic rings. The maximum atomic E-state index is 13.0. The monoisotopic (exact) mass is 438 g/mol. The largest absolute Gasteiger partial charge is 0.497 e. The van der Waals surface area contributed by atoms with Crippen LogP contribution in [-0.2, 0) is 0 Å². The Morgan fingerprint density at radius 3 is 1.67 bits per heavy atom. The predicted molar refractivity (Wildman–Crippen MR) is 131 cm³/mol. The van der Waals surface area contributed by atoms with Gasteiger partial charge in [0.25, 0.3) is 0 Å². The topological polar surface area (TPSA) is 44.8 Å². The van der Waals surface area contributed by atoms with E-state index in [1.807, 2.05) is 86.6 Å². The van der Waals surface area contributed by atoms with Gasteiger partial charge >= 0.3 is 5.97 Å². The first-order valence-electron chi connectivity index (χ1n) is 10.7. The van der Waals surface area contributed by atoms with E-state index < -0.39 is 5.97 Å². The lowest BCUT2D eigenvalue weighted by Crippen LogP contribution is -2.09. The molecule has 0 aliphatic carbocycles. The molecule has 0 spiro atoms. The number of carbonyl (C=O) groups excluding carboxylic acids is 1. The van der Waals surface area contributed by atoms with Crippen LogP contribution in [0.3, 0.4) is 0 Å². The van der Waals surface area contributed by atoms with Crippen LogP contribution in [0, 0.1) is 13.8 Å². The van der Waals surface area contributed by atoms with E-state index in [2.05, 4.69) is 0 Å². The fourth-order valence-corrected chi connectivity index (χ4v) is 3.70. The van der Waals surface area contributed by atoms with Gasteiger partial charge in [-0.15, -0.1) is 0 Å². The van der Waals surface area contributed by atoms with Crippen molar-refractivity contribution in [2.24, 2.45) is 0 Å².